The molecule has 1 aromatic carbocycles. The monoisotopic (exact) mass is 317 g/mol. The van der Waals surface area contributed by atoms with Gasteiger partial charge in [0.15, 0.2) is 0 Å². The topological polar surface area (TPSA) is 75.4 Å². The lowest BCUT2D eigenvalue weighted by Gasteiger charge is -2.23. The van der Waals surface area contributed by atoms with E-state index in [-0.39, 0.29) is 16.6 Å². The first-order valence-corrected chi connectivity index (χ1v) is 8.59. The third-order valence-corrected chi connectivity index (χ3v) is 5.41. The van der Waals surface area contributed by atoms with E-state index in [1.54, 1.807) is 0 Å². The highest BCUT2D eigenvalue weighted by atomic mass is 35.5. The van der Waals surface area contributed by atoms with Crippen LogP contribution in [0.3, 0.4) is 0 Å². The molecule has 0 aliphatic carbocycles. The molecule has 20 heavy (non-hydrogen) atoms. The summed E-state index contributed by atoms with van der Waals surface area (Å²) >= 11 is 5.78. The second kappa shape index (κ2) is 6.30. The molecule has 0 radical (unpaired) electrons. The van der Waals surface area contributed by atoms with Crippen LogP contribution in [0.15, 0.2) is 23.1 Å². The predicted molar refractivity (Wildman–Crippen MR) is 81.3 cm³/mol. The molecule has 112 valence electrons. The minimum atomic E-state index is -3.59. The summed E-state index contributed by atoms with van der Waals surface area (Å²) in [5.74, 6) is 0. The van der Waals surface area contributed by atoms with E-state index in [4.69, 9.17) is 17.3 Å². The highest BCUT2D eigenvalue weighted by molar-refractivity contribution is 7.89. The Morgan fingerprint density at radius 3 is 2.90 bits per heavy atom. The van der Waals surface area contributed by atoms with Crippen LogP contribution in [0.2, 0.25) is 5.02 Å². The number of halogens is 1. The largest absolute Gasteiger partial charge is 0.398 e. The lowest BCUT2D eigenvalue weighted by molar-refractivity contribution is 0.268. The molecule has 0 amide bonds. The van der Waals surface area contributed by atoms with Crippen molar-refractivity contribution >= 4 is 27.3 Å². The SMILES string of the molecule is CCN1CCCC1CNS(=O)(=O)c1ccc(Cl)cc1N. The zero-order valence-electron chi connectivity index (χ0n) is 11.5. The van der Waals surface area contributed by atoms with Crippen molar-refractivity contribution in [2.45, 2.75) is 30.7 Å². The molecular weight excluding hydrogens is 298 g/mol. The Morgan fingerprint density at radius 2 is 2.25 bits per heavy atom. The van der Waals surface area contributed by atoms with Crippen molar-refractivity contribution in [3.8, 4) is 0 Å². The fourth-order valence-corrected chi connectivity index (χ4v) is 3.95. The number of nitrogens with zero attached hydrogens (tertiary/aromatic N) is 1. The van der Waals surface area contributed by atoms with Crippen LogP contribution >= 0.6 is 11.6 Å². The summed E-state index contributed by atoms with van der Waals surface area (Å²) in [6.07, 6.45) is 2.13. The van der Waals surface area contributed by atoms with Gasteiger partial charge in [0, 0.05) is 17.6 Å². The van der Waals surface area contributed by atoms with E-state index in [1.165, 1.54) is 18.2 Å². The van der Waals surface area contributed by atoms with Crippen molar-refractivity contribution in [1.82, 2.24) is 9.62 Å². The smallest absolute Gasteiger partial charge is 0.242 e. The molecule has 2 rings (SSSR count). The number of hydrogen-bond donors (Lipinski definition) is 2. The van der Waals surface area contributed by atoms with Gasteiger partial charge >= 0.3 is 0 Å². The second-order valence-corrected chi connectivity index (χ2v) is 7.13. The van der Waals surface area contributed by atoms with Gasteiger partial charge in [0.05, 0.1) is 5.69 Å². The average molecular weight is 318 g/mol. The maximum Gasteiger partial charge on any atom is 0.242 e. The maximum absolute atomic E-state index is 12.3. The molecule has 1 fully saturated rings. The van der Waals surface area contributed by atoms with Gasteiger partial charge in [0.25, 0.3) is 0 Å². The van der Waals surface area contributed by atoms with Crippen molar-refractivity contribution in [1.29, 1.82) is 0 Å². The molecule has 1 aromatic rings. The molecule has 1 unspecified atom stereocenters. The van der Waals surface area contributed by atoms with Crippen LogP contribution in [0.4, 0.5) is 5.69 Å². The molecule has 1 heterocycles. The predicted octanol–water partition coefficient (Wildman–Crippen LogP) is 1.68. The lowest BCUT2D eigenvalue weighted by Crippen LogP contribution is -2.40. The number of anilines is 1. The molecule has 5 nitrogen and oxygen atoms in total. The molecule has 3 N–H and O–H groups in total. The highest BCUT2D eigenvalue weighted by Gasteiger charge is 2.25. The minimum absolute atomic E-state index is 0.0861. The van der Waals surface area contributed by atoms with Gasteiger partial charge in [-0.25, -0.2) is 13.1 Å². The van der Waals surface area contributed by atoms with Gasteiger partial charge in [-0.2, -0.15) is 0 Å². The number of nitrogens with one attached hydrogen (secondary N) is 1. The highest BCUT2D eigenvalue weighted by Crippen LogP contribution is 2.23. The van der Waals surface area contributed by atoms with E-state index in [0.29, 0.717) is 11.6 Å². The van der Waals surface area contributed by atoms with E-state index in [9.17, 15) is 8.42 Å². The quantitative estimate of drug-likeness (QED) is 0.810. The van der Waals surface area contributed by atoms with Crippen LogP contribution < -0.4 is 10.5 Å². The van der Waals surface area contributed by atoms with Crippen LogP contribution in [0.5, 0.6) is 0 Å². The maximum atomic E-state index is 12.3. The Balaban J connectivity index is 2.07. The summed E-state index contributed by atoms with van der Waals surface area (Å²) in [5.41, 5.74) is 5.90. The van der Waals surface area contributed by atoms with Crippen molar-refractivity contribution in [2.24, 2.45) is 0 Å². The van der Waals surface area contributed by atoms with E-state index in [1.807, 2.05) is 0 Å². The van der Waals surface area contributed by atoms with Gasteiger partial charge in [-0.15, -0.1) is 0 Å². The summed E-state index contributed by atoms with van der Waals surface area (Å²) < 4.78 is 27.2. The fourth-order valence-electron chi connectivity index (χ4n) is 2.59. The first kappa shape index (κ1) is 15.6. The number of likely N-dealkylation sites (N-methyl/N-ethyl adjacent to an activating group) is 1. The summed E-state index contributed by atoms with van der Waals surface area (Å²) in [4.78, 5) is 2.37. The zero-order valence-corrected chi connectivity index (χ0v) is 13.0. The Kier molecular flexibility index (Phi) is 4.90. The number of rotatable bonds is 5. The van der Waals surface area contributed by atoms with Crippen molar-refractivity contribution in [3.63, 3.8) is 0 Å². The fraction of sp³-hybridized carbons (Fsp3) is 0.538. The summed E-state index contributed by atoms with van der Waals surface area (Å²) in [6.45, 7) is 4.48. The summed E-state index contributed by atoms with van der Waals surface area (Å²) in [6, 6.07) is 4.68. The van der Waals surface area contributed by atoms with Gasteiger partial charge in [-0.05, 0) is 44.1 Å². The molecule has 1 aliphatic rings. The summed E-state index contributed by atoms with van der Waals surface area (Å²) in [5, 5.41) is 0.425. The number of likely N-dealkylation sites (tertiary alicyclic amines) is 1. The molecule has 1 atom stereocenters. The van der Waals surface area contributed by atoms with Gasteiger partial charge in [-0.1, -0.05) is 18.5 Å². The Labute approximate surface area is 125 Å². The van der Waals surface area contributed by atoms with Crippen LogP contribution in [-0.2, 0) is 10.0 Å². The molecule has 0 aromatic heterocycles. The number of hydrogen-bond acceptors (Lipinski definition) is 4. The Morgan fingerprint density at radius 1 is 1.50 bits per heavy atom. The normalized spacial score (nSPS) is 20.4. The molecule has 0 bridgehead atoms. The van der Waals surface area contributed by atoms with Gasteiger partial charge in [-0.3, -0.25) is 4.90 Å². The molecule has 1 aliphatic heterocycles. The van der Waals surface area contributed by atoms with Gasteiger partial charge in [0.1, 0.15) is 4.90 Å². The standard InChI is InChI=1S/C13H20ClN3O2S/c1-2-17-7-3-4-11(17)9-16-20(18,19)13-6-5-10(14)8-12(13)15/h5-6,8,11,16H,2-4,7,9,15H2,1H3. The minimum Gasteiger partial charge on any atom is -0.398 e. The Bertz CT molecular complexity index is 577. The molecular formula is C13H20ClN3O2S. The molecule has 7 heteroatoms. The van der Waals surface area contributed by atoms with E-state index in [0.717, 1.165) is 25.9 Å². The molecule has 0 saturated carbocycles. The third-order valence-electron chi connectivity index (χ3n) is 3.68. The first-order chi connectivity index (χ1) is 9.44. The first-order valence-electron chi connectivity index (χ1n) is 6.73. The van der Waals surface area contributed by atoms with E-state index in [2.05, 4.69) is 16.5 Å². The third kappa shape index (κ3) is 3.44. The molecule has 0 spiro atoms. The lowest BCUT2D eigenvalue weighted by atomic mass is 10.2. The van der Waals surface area contributed by atoms with Crippen molar-refractivity contribution in [3.05, 3.63) is 23.2 Å². The van der Waals surface area contributed by atoms with E-state index < -0.39 is 10.0 Å². The number of nitrogens with two attached hydrogens (primary N) is 1. The van der Waals surface area contributed by atoms with E-state index >= 15 is 0 Å². The van der Waals surface area contributed by atoms with Crippen molar-refractivity contribution in [2.75, 3.05) is 25.4 Å². The number of sulfonamides is 1. The van der Waals surface area contributed by atoms with Gasteiger partial charge in [0.2, 0.25) is 10.0 Å². The molecule has 1 saturated heterocycles. The number of nitrogen functional groups attached to an aromatic ring is 1. The van der Waals surface area contributed by atoms with Crippen molar-refractivity contribution < 1.29 is 8.42 Å². The number of benzene rings is 1. The van der Waals surface area contributed by atoms with Crippen LogP contribution in [-0.4, -0.2) is 39.0 Å². The van der Waals surface area contributed by atoms with Crippen LogP contribution in [0.1, 0.15) is 19.8 Å². The van der Waals surface area contributed by atoms with Crippen LogP contribution in [0.25, 0.3) is 0 Å². The van der Waals surface area contributed by atoms with Gasteiger partial charge < -0.3 is 5.73 Å². The average Bonchev–Trinajstić information content (AvgIpc) is 2.83. The van der Waals surface area contributed by atoms with Crippen LogP contribution in [0, 0.1) is 0 Å². The Hall–Kier alpha value is -0.820. The summed E-state index contributed by atoms with van der Waals surface area (Å²) in [7, 11) is -3.59. The second-order valence-electron chi connectivity index (χ2n) is 4.96. The zero-order chi connectivity index (χ0) is 14.8.